The summed E-state index contributed by atoms with van der Waals surface area (Å²) in [5, 5.41) is 6.23. The number of carbonyl (C=O) groups excluding carboxylic acids is 1. The maximum Gasteiger partial charge on any atom is 0.220 e. The van der Waals surface area contributed by atoms with E-state index in [9.17, 15) is 4.79 Å². The van der Waals surface area contributed by atoms with Gasteiger partial charge in [-0.1, -0.05) is 13.8 Å². The number of aromatic nitrogens is 1. The second kappa shape index (κ2) is 7.62. The number of hydrogen-bond acceptors (Lipinski definition) is 4. The lowest BCUT2D eigenvalue weighted by Crippen LogP contribution is -2.29. The first-order chi connectivity index (χ1) is 9.65. The zero-order valence-electron chi connectivity index (χ0n) is 12.5. The Morgan fingerprint density at radius 3 is 2.85 bits per heavy atom. The molecule has 2 heterocycles. The predicted molar refractivity (Wildman–Crippen MR) is 84.3 cm³/mol. The summed E-state index contributed by atoms with van der Waals surface area (Å²) in [5.41, 5.74) is 1.10. The highest BCUT2D eigenvalue weighted by molar-refractivity contribution is 7.13. The molecule has 0 unspecified atom stereocenters. The van der Waals surface area contributed by atoms with E-state index in [0.717, 1.165) is 30.3 Å². The SMILES string of the molecule is CC(C)CC(=O)NCCc1csc(N2CCCCC2)n1. The van der Waals surface area contributed by atoms with Crippen LogP contribution in [0.3, 0.4) is 0 Å². The van der Waals surface area contributed by atoms with Crippen LogP contribution >= 0.6 is 11.3 Å². The largest absolute Gasteiger partial charge is 0.356 e. The molecule has 1 aliphatic heterocycles. The van der Waals surface area contributed by atoms with E-state index in [2.05, 4.69) is 34.4 Å². The number of amides is 1. The molecule has 0 atom stereocenters. The van der Waals surface area contributed by atoms with E-state index in [1.54, 1.807) is 11.3 Å². The lowest BCUT2D eigenvalue weighted by Gasteiger charge is -2.25. The third-order valence-corrected chi connectivity index (χ3v) is 4.41. The van der Waals surface area contributed by atoms with Crippen molar-refractivity contribution in [2.24, 2.45) is 5.92 Å². The Bertz CT molecular complexity index is 425. The normalized spacial score (nSPS) is 15.7. The van der Waals surface area contributed by atoms with Crippen LogP contribution in [0.2, 0.25) is 0 Å². The van der Waals surface area contributed by atoms with Gasteiger partial charge in [-0.3, -0.25) is 4.79 Å². The summed E-state index contributed by atoms with van der Waals surface area (Å²) in [7, 11) is 0. The second-order valence-corrected chi connectivity index (χ2v) is 6.70. The Morgan fingerprint density at radius 1 is 1.40 bits per heavy atom. The minimum atomic E-state index is 0.145. The average Bonchev–Trinajstić information content (AvgIpc) is 2.88. The highest BCUT2D eigenvalue weighted by Gasteiger charge is 2.14. The van der Waals surface area contributed by atoms with Crippen LogP contribution in [0.4, 0.5) is 5.13 Å². The summed E-state index contributed by atoms with van der Waals surface area (Å²) < 4.78 is 0. The molecule has 0 bridgehead atoms. The molecule has 112 valence electrons. The molecule has 0 saturated carbocycles. The van der Waals surface area contributed by atoms with E-state index in [4.69, 9.17) is 0 Å². The van der Waals surface area contributed by atoms with Crippen LogP contribution in [0, 0.1) is 5.92 Å². The van der Waals surface area contributed by atoms with Crippen LogP contribution in [0.25, 0.3) is 0 Å². The van der Waals surface area contributed by atoms with Crippen LogP contribution in [-0.4, -0.2) is 30.5 Å². The lowest BCUT2D eigenvalue weighted by atomic mass is 10.1. The molecule has 5 heteroatoms. The number of nitrogens with one attached hydrogen (secondary N) is 1. The van der Waals surface area contributed by atoms with Gasteiger partial charge in [0.1, 0.15) is 0 Å². The Kier molecular flexibility index (Phi) is 5.83. The molecule has 1 N–H and O–H groups in total. The lowest BCUT2D eigenvalue weighted by molar-refractivity contribution is -0.121. The summed E-state index contributed by atoms with van der Waals surface area (Å²) in [6.45, 7) is 7.08. The minimum Gasteiger partial charge on any atom is -0.356 e. The summed E-state index contributed by atoms with van der Waals surface area (Å²) in [6.07, 6.45) is 5.33. The van der Waals surface area contributed by atoms with E-state index in [-0.39, 0.29) is 5.91 Å². The molecular weight excluding hydrogens is 270 g/mol. The van der Waals surface area contributed by atoms with Crippen molar-refractivity contribution < 1.29 is 4.79 Å². The third-order valence-electron chi connectivity index (χ3n) is 3.46. The molecule has 1 aromatic rings. The Labute approximate surface area is 125 Å². The van der Waals surface area contributed by atoms with Gasteiger partial charge in [0.05, 0.1) is 5.69 Å². The van der Waals surface area contributed by atoms with Crippen LogP contribution in [0.15, 0.2) is 5.38 Å². The van der Waals surface area contributed by atoms with Gasteiger partial charge in [-0.15, -0.1) is 11.3 Å². The van der Waals surface area contributed by atoms with Crippen molar-refractivity contribution in [3.8, 4) is 0 Å². The highest BCUT2D eigenvalue weighted by atomic mass is 32.1. The van der Waals surface area contributed by atoms with Gasteiger partial charge in [0.15, 0.2) is 5.13 Å². The fourth-order valence-corrected chi connectivity index (χ4v) is 3.33. The molecular formula is C15H25N3OS. The van der Waals surface area contributed by atoms with Crippen molar-refractivity contribution in [3.63, 3.8) is 0 Å². The number of nitrogens with zero attached hydrogens (tertiary/aromatic N) is 2. The van der Waals surface area contributed by atoms with Crippen molar-refractivity contribution in [3.05, 3.63) is 11.1 Å². The number of carbonyl (C=O) groups is 1. The first-order valence-corrected chi connectivity index (χ1v) is 8.49. The Hall–Kier alpha value is -1.10. The van der Waals surface area contributed by atoms with Crippen LogP contribution in [0.1, 0.15) is 45.2 Å². The number of rotatable bonds is 6. The summed E-state index contributed by atoms with van der Waals surface area (Å²) in [6, 6.07) is 0. The van der Waals surface area contributed by atoms with E-state index in [1.807, 2.05) is 0 Å². The molecule has 1 saturated heterocycles. The zero-order chi connectivity index (χ0) is 14.4. The van der Waals surface area contributed by atoms with Crippen molar-refractivity contribution in [2.75, 3.05) is 24.5 Å². The molecule has 0 aliphatic carbocycles. The monoisotopic (exact) mass is 295 g/mol. The quantitative estimate of drug-likeness (QED) is 0.878. The molecule has 20 heavy (non-hydrogen) atoms. The van der Waals surface area contributed by atoms with E-state index in [0.29, 0.717) is 18.9 Å². The molecule has 1 aliphatic rings. The summed E-state index contributed by atoms with van der Waals surface area (Å²) >= 11 is 1.73. The van der Waals surface area contributed by atoms with Gasteiger partial charge in [-0.25, -0.2) is 4.98 Å². The van der Waals surface area contributed by atoms with Crippen molar-refractivity contribution >= 4 is 22.4 Å². The average molecular weight is 295 g/mol. The minimum absolute atomic E-state index is 0.145. The Balaban J connectivity index is 1.74. The van der Waals surface area contributed by atoms with Crippen LogP contribution in [-0.2, 0) is 11.2 Å². The first kappa shape index (κ1) is 15.3. The fraction of sp³-hybridized carbons (Fsp3) is 0.733. The zero-order valence-corrected chi connectivity index (χ0v) is 13.3. The highest BCUT2D eigenvalue weighted by Crippen LogP contribution is 2.24. The molecule has 0 aromatic carbocycles. The van der Waals surface area contributed by atoms with Gasteiger partial charge >= 0.3 is 0 Å². The van der Waals surface area contributed by atoms with Crippen molar-refractivity contribution in [2.45, 2.75) is 46.0 Å². The fourth-order valence-electron chi connectivity index (χ4n) is 2.41. The Morgan fingerprint density at radius 2 is 2.15 bits per heavy atom. The van der Waals surface area contributed by atoms with Crippen molar-refractivity contribution in [1.82, 2.24) is 10.3 Å². The maximum atomic E-state index is 11.6. The molecule has 0 radical (unpaired) electrons. The molecule has 2 rings (SSSR count). The van der Waals surface area contributed by atoms with Gasteiger partial charge in [-0.2, -0.15) is 0 Å². The van der Waals surface area contributed by atoms with E-state index >= 15 is 0 Å². The van der Waals surface area contributed by atoms with Crippen LogP contribution in [0.5, 0.6) is 0 Å². The molecule has 0 spiro atoms. The molecule has 1 aromatic heterocycles. The van der Waals surface area contributed by atoms with E-state index < -0.39 is 0 Å². The van der Waals surface area contributed by atoms with E-state index in [1.165, 1.54) is 19.3 Å². The van der Waals surface area contributed by atoms with Gasteiger partial charge in [0, 0.05) is 37.9 Å². The summed E-state index contributed by atoms with van der Waals surface area (Å²) in [4.78, 5) is 18.6. The van der Waals surface area contributed by atoms with Gasteiger partial charge in [0.25, 0.3) is 0 Å². The topological polar surface area (TPSA) is 45.2 Å². The van der Waals surface area contributed by atoms with Gasteiger partial charge in [0.2, 0.25) is 5.91 Å². The van der Waals surface area contributed by atoms with Gasteiger partial charge < -0.3 is 10.2 Å². The van der Waals surface area contributed by atoms with Gasteiger partial charge in [-0.05, 0) is 25.2 Å². The maximum absolute atomic E-state index is 11.6. The first-order valence-electron chi connectivity index (χ1n) is 7.61. The number of thiazole rings is 1. The molecule has 1 fully saturated rings. The second-order valence-electron chi connectivity index (χ2n) is 5.87. The number of piperidine rings is 1. The number of hydrogen-bond donors (Lipinski definition) is 1. The predicted octanol–water partition coefficient (Wildman–Crippen LogP) is 2.84. The smallest absolute Gasteiger partial charge is 0.220 e. The third kappa shape index (κ3) is 4.78. The molecule has 1 amide bonds. The number of anilines is 1. The van der Waals surface area contributed by atoms with Crippen LogP contribution < -0.4 is 10.2 Å². The standard InChI is InChI=1S/C15H25N3OS/c1-12(2)10-14(19)16-7-6-13-11-20-15(17-13)18-8-4-3-5-9-18/h11-12H,3-10H2,1-2H3,(H,16,19). The molecule has 4 nitrogen and oxygen atoms in total. The van der Waals surface area contributed by atoms with Crippen molar-refractivity contribution in [1.29, 1.82) is 0 Å². The summed E-state index contributed by atoms with van der Waals surface area (Å²) in [5.74, 6) is 0.562.